The summed E-state index contributed by atoms with van der Waals surface area (Å²) in [7, 11) is 0. The Morgan fingerprint density at radius 2 is 2.25 bits per heavy atom. The van der Waals surface area contributed by atoms with Gasteiger partial charge in [-0.2, -0.15) is 14.9 Å². The highest BCUT2D eigenvalue weighted by molar-refractivity contribution is 7.71. The van der Waals surface area contributed by atoms with E-state index in [1.54, 1.807) is 4.68 Å². The summed E-state index contributed by atoms with van der Waals surface area (Å²) in [6, 6.07) is 9.85. The first-order valence-electron chi connectivity index (χ1n) is 6.40. The molecule has 6 heteroatoms. The lowest BCUT2D eigenvalue weighted by molar-refractivity contribution is 0.602. The van der Waals surface area contributed by atoms with Crippen LogP contribution in [0.1, 0.15) is 25.4 Å². The molecule has 2 heterocycles. The standard InChI is InChI=1S/C14H14N4OS/c1-3-13-15-16-14(20)18(13)17-9(2)12-8-10-6-4-5-7-11(10)19-12/h4-8H,3H2,1-2H3,(H,16,20)/b17-9+. The number of aryl methyl sites for hydroxylation is 1. The Morgan fingerprint density at radius 3 is 3.00 bits per heavy atom. The van der Waals surface area contributed by atoms with Gasteiger partial charge in [0.15, 0.2) is 11.6 Å². The van der Waals surface area contributed by atoms with E-state index >= 15 is 0 Å². The van der Waals surface area contributed by atoms with Gasteiger partial charge in [0.2, 0.25) is 4.77 Å². The lowest BCUT2D eigenvalue weighted by atomic mass is 10.2. The second kappa shape index (κ2) is 5.05. The smallest absolute Gasteiger partial charge is 0.216 e. The van der Waals surface area contributed by atoms with E-state index in [4.69, 9.17) is 16.6 Å². The molecule has 0 atom stereocenters. The van der Waals surface area contributed by atoms with Crippen LogP contribution in [0.2, 0.25) is 0 Å². The van der Waals surface area contributed by atoms with Crippen molar-refractivity contribution in [2.24, 2.45) is 5.10 Å². The van der Waals surface area contributed by atoms with E-state index in [9.17, 15) is 0 Å². The summed E-state index contributed by atoms with van der Waals surface area (Å²) in [6.45, 7) is 3.90. The minimum absolute atomic E-state index is 0.484. The van der Waals surface area contributed by atoms with Gasteiger partial charge in [-0.3, -0.25) is 5.10 Å². The van der Waals surface area contributed by atoms with Crippen molar-refractivity contribution in [2.45, 2.75) is 20.3 Å². The Kier molecular flexibility index (Phi) is 3.23. The molecule has 0 saturated heterocycles. The summed E-state index contributed by atoms with van der Waals surface area (Å²) in [5.74, 6) is 1.53. The number of aromatic amines is 1. The minimum atomic E-state index is 0.484. The monoisotopic (exact) mass is 286 g/mol. The summed E-state index contributed by atoms with van der Waals surface area (Å²) in [4.78, 5) is 0. The van der Waals surface area contributed by atoms with Crippen molar-refractivity contribution < 1.29 is 4.42 Å². The highest BCUT2D eigenvalue weighted by Crippen LogP contribution is 2.19. The fourth-order valence-electron chi connectivity index (χ4n) is 2.02. The number of nitrogens with zero attached hydrogens (tertiary/aromatic N) is 3. The van der Waals surface area contributed by atoms with Crippen LogP contribution in [0.4, 0.5) is 0 Å². The van der Waals surface area contributed by atoms with E-state index in [1.165, 1.54) is 0 Å². The van der Waals surface area contributed by atoms with E-state index in [-0.39, 0.29) is 0 Å². The van der Waals surface area contributed by atoms with Crippen LogP contribution in [0.15, 0.2) is 39.9 Å². The zero-order valence-corrected chi connectivity index (χ0v) is 12.1. The summed E-state index contributed by atoms with van der Waals surface area (Å²) < 4.78 is 7.90. The van der Waals surface area contributed by atoms with Crippen LogP contribution >= 0.6 is 12.2 Å². The number of para-hydroxylation sites is 1. The Hall–Kier alpha value is -2.21. The SMILES string of the molecule is CCc1n[nH]c(=S)n1/N=C(\C)c1cc2ccccc2o1. The third kappa shape index (κ3) is 2.18. The molecule has 3 rings (SSSR count). The molecule has 3 aromatic rings. The number of aromatic nitrogens is 3. The van der Waals surface area contributed by atoms with Crippen molar-refractivity contribution >= 4 is 28.9 Å². The highest BCUT2D eigenvalue weighted by atomic mass is 32.1. The van der Waals surface area contributed by atoms with Crippen molar-refractivity contribution in [3.05, 3.63) is 46.7 Å². The third-order valence-electron chi connectivity index (χ3n) is 3.07. The quantitative estimate of drug-likeness (QED) is 0.592. The van der Waals surface area contributed by atoms with Gasteiger partial charge in [0.1, 0.15) is 11.3 Å². The predicted molar refractivity (Wildman–Crippen MR) is 80.6 cm³/mol. The number of H-pyrrole nitrogens is 1. The number of hydrogen-bond acceptors (Lipinski definition) is 4. The number of hydrogen-bond donors (Lipinski definition) is 1. The second-order valence-corrected chi connectivity index (χ2v) is 4.83. The van der Waals surface area contributed by atoms with E-state index in [2.05, 4.69) is 15.3 Å². The van der Waals surface area contributed by atoms with Crippen molar-refractivity contribution in [3.63, 3.8) is 0 Å². The third-order valence-corrected chi connectivity index (χ3v) is 3.33. The van der Waals surface area contributed by atoms with Crippen LogP contribution in [0.3, 0.4) is 0 Å². The Labute approximate surface area is 120 Å². The average molecular weight is 286 g/mol. The van der Waals surface area contributed by atoms with Crippen LogP contribution in [-0.4, -0.2) is 20.6 Å². The molecular weight excluding hydrogens is 272 g/mol. The number of benzene rings is 1. The minimum Gasteiger partial charge on any atom is -0.455 e. The summed E-state index contributed by atoms with van der Waals surface area (Å²) in [6.07, 6.45) is 0.754. The highest BCUT2D eigenvalue weighted by Gasteiger charge is 2.08. The fraction of sp³-hybridized carbons (Fsp3) is 0.214. The van der Waals surface area contributed by atoms with Crippen LogP contribution in [0.5, 0.6) is 0 Å². The first-order valence-corrected chi connectivity index (χ1v) is 6.80. The Morgan fingerprint density at radius 1 is 1.45 bits per heavy atom. The van der Waals surface area contributed by atoms with Gasteiger partial charge in [-0.15, -0.1) is 0 Å². The van der Waals surface area contributed by atoms with Crippen LogP contribution in [0, 0.1) is 4.77 Å². The molecule has 0 aliphatic heterocycles. The van der Waals surface area contributed by atoms with Gasteiger partial charge < -0.3 is 4.42 Å². The van der Waals surface area contributed by atoms with Crippen molar-refractivity contribution in [2.75, 3.05) is 0 Å². The van der Waals surface area contributed by atoms with Crippen molar-refractivity contribution in [1.82, 2.24) is 14.9 Å². The van der Waals surface area contributed by atoms with E-state index in [0.717, 1.165) is 34.7 Å². The van der Waals surface area contributed by atoms with Gasteiger partial charge in [0.25, 0.3) is 0 Å². The molecule has 2 aromatic heterocycles. The average Bonchev–Trinajstić information content (AvgIpc) is 3.03. The first-order chi connectivity index (χ1) is 9.69. The maximum absolute atomic E-state index is 5.78. The maximum Gasteiger partial charge on any atom is 0.216 e. The molecule has 0 unspecified atom stereocenters. The van der Waals surface area contributed by atoms with Gasteiger partial charge in [-0.25, -0.2) is 0 Å². The van der Waals surface area contributed by atoms with E-state index in [0.29, 0.717) is 4.77 Å². The lowest BCUT2D eigenvalue weighted by Crippen LogP contribution is -2.02. The molecule has 0 spiro atoms. The van der Waals surface area contributed by atoms with Crippen LogP contribution < -0.4 is 0 Å². The van der Waals surface area contributed by atoms with E-state index in [1.807, 2.05) is 44.2 Å². The molecule has 0 bridgehead atoms. The zero-order chi connectivity index (χ0) is 14.1. The van der Waals surface area contributed by atoms with Gasteiger partial charge in [-0.05, 0) is 31.3 Å². The van der Waals surface area contributed by atoms with Gasteiger partial charge in [0, 0.05) is 11.8 Å². The predicted octanol–water partition coefficient (Wildman–Crippen LogP) is 3.52. The Balaban J connectivity index is 2.07. The Bertz CT molecular complexity index is 807. The normalized spacial score (nSPS) is 12.2. The molecule has 0 aliphatic carbocycles. The number of fused-ring (bicyclic) bond motifs is 1. The topological polar surface area (TPSA) is 59.1 Å². The molecule has 102 valence electrons. The largest absolute Gasteiger partial charge is 0.455 e. The van der Waals surface area contributed by atoms with Gasteiger partial charge >= 0.3 is 0 Å². The molecule has 0 radical (unpaired) electrons. The molecule has 5 nitrogen and oxygen atoms in total. The van der Waals surface area contributed by atoms with Crippen LogP contribution in [-0.2, 0) is 6.42 Å². The molecule has 0 saturated carbocycles. The second-order valence-electron chi connectivity index (χ2n) is 4.44. The number of rotatable bonds is 3. The van der Waals surface area contributed by atoms with Crippen LogP contribution in [0.25, 0.3) is 11.0 Å². The molecule has 0 amide bonds. The molecular formula is C14H14N4OS. The lowest BCUT2D eigenvalue weighted by Gasteiger charge is -1.99. The molecule has 0 fully saturated rings. The van der Waals surface area contributed by atoms with Gasteiger partial charge in [-0.1, -0.05) is 25.1 Å². The van der Waals surface area contributed by atoms with Gasteiger partial charge in [0.05, 0.1) is 0 Å². The summed E-state index contributed by atoms with van der Waals surface area (Å²) >= 11 is 5.18. The molecule has 1 aromatic carbocycles. The zero-order valence-electron chi connectivity index (χ0n) is 11.3. The maximum atomic E-state index is 5.78. The molecule has 0 aliphatic rings. The summed E-state index contributed by atoms with van der Waals surface area (Å²) in [5, 5.41) is 12.4. The van der Waals surface area contributed by atoms with Crippen molar-refractivity contribution in [1.29, 1.82) is 0 Å². The number of furan rings is 1. The van der Waals surface area contributed by atoms with Crippen molar-refractivity contribution in [3.8, 4) is 0 Å². The molecule has 1 N–H and O–H groups in total. The first kappa shape index (κ1) is 12.8. The summed E-state index contributed by atoms with van der Waals surface area (Å²) in [5.41, 5.74) is 1.61. The molecule has 20 heavy (non-hydrogen) atoms. The van der Waals surface area contributed by atoms with E-state index < -0.39 is 0 Å². The number of nitrogens with one attached hydrogen (secondary N) is 1. The fourth-order valence-corrected chi connectivity index (χ4v) is 2.21.